The van der Waals surface area contributed by atoms with Gasteiger partial charge in [-0.25, -0.2) is 0 Å². The third kappa shape index (κ3) is 4.04. The molecular formula is C14H20Cl2N2. The lowest BCUT2D eigenvalue weighted by molar-refractivity contribution is 0.371. The van der Waals surface area contributed by atoms with E-state index in [1.54, 1.807) is 0 Å². The van der Waals surface area contributed by atoms with Gasteiger partial charge in [-0.1, -0.05) is 29.6 Å². The molecule has 4 heteroatoms. The van der Waals surface area contributed by atoms with Gasteiger partial charge in [0.25, 0.3) is 0 Å². The van der Waals surface area contributed by atoms with E-state index >= 15 is 0 Å². The average Bonchev–Trinajstić information content (AvgIpc) is 2.35. The molecule has 0 amide bonds. The quantitative estimate of drug-likeness (QED) is 0.861. The van der Waals surface area contributed by atoms with E-state index < -0.39 is 0 Å². The Balaban J connectivity index is 1.85. The fourth-order valence-corrected chi connectivity index (χ4v) is 2.78. The molecule has 0 saturated carbocycles. The number of hydrogen-bond donors (Lipinski definition) is 2. The molecule has 1 aliphatic heterocycles. The molecule has 1 fully saturated rings. The van der Waals surface area contributed by atoms with Crippen LogP contribution in [0.2, 0.25) is 10.0 Å². The minimum atomic E-state index is 0.429. The van der Waals surface area contributed by atoms with E-state index in [0.29, 0.717) is 22.1 Å². The maximum Gasteiger partial charge on any atom is 0.0612 e. The molecule has 0 radical (unpaired) electrons. The Morgan fingerprint density at radius 1 is 1.33 bits per heavy atom. The van der Waals surface area contributed by atoms with E-state index in [-0.39, 0.29) is 0 Å². The second kappa shape index (κ2) is 6.65. The zero-order chi connectivity index (χ0) is 13.0. The third-order valence-corrected chi connectivity index (χ3v) is 4.12. The molecule has 2 unspecified atom stereocenters. The lowest BCUT2D eigenvalue weighted by atomic mass is 9.99. The van der Waals surface area contributed by atoms with E-state index in [4.69, 9.17) is 23.2 Å². The van der Waals surface area contributed by atoms with Gasteiger partial charge in [0.05, 0.1) is 10.0 Å². The number of rotatable bonds is 4. The van der Waals surface area contributed by atoms with Gasteiger partial charge in [-0.2, -0.15) is 0 Å². The van der Waals surface area contributed by atoms with Gasteiger partial charge in [-0.05, 0) is 50.9 Å². The number of nitrogens with one attached hydrogen (secondary N) is 2. The van der Waals surface area contributed by atoms with E-state index in [9.17, 15) is 0 Å². The summed E-state index contributed by atoms with van der Waals surface area (Å²) in [6, 6.07) is 6.76. The summed E-state index contributed by atoms with van der Waals surface area (Å²) in [5.41, 5.74) is 1.03. The van der Waals surface area contributed by atoms with Crippen molar-refractivity contribution in [2.75, 3.05) is 11.9 Å². The van der Waals surface area contributed by atoms with Gasteiger partial charge in [0.15, 0.2) is 0 Å². The first-order chi connectivity index (χ1) is 8.65. The molecule has 2 N–H and O–H groups in total. The average molecular weight is 287 g/mol. The fourth-order valence-electron chi connectivity index (χ4n) is 2.48. The molecule has 2 nitrogen and oxygen atoms in total. The van der Waals surface area contributed by atoms with E-state index in [1.165, 1.54) is 19.3 Å². The molecule has 2 rings (SSSR count). The van der Waals surface area contributed by atoms with Crippen molar-refractivity contribution in [1.82, 2.24) is 5.32 Å². The van der Waals surface area contributed by atoms with Gasteiger partial charge in [0.1, 0.15) is 0 Å². The van der Waals surface area contributed by atoms with Gasteiger partial charge in [0.2, 0.25) is 0 Å². The van der Waals surface area contributed by atoms with Gasteiger partial charge in [-0.3, -0.25) is 0 Å². The molecule has 1 heterocycles. The Morgan fingerprint density at radius 3 is 2.83 bits per heavy atom. The summed E-state index contributed by atoms with van der Waals surface area (Å²) in [6.07, 6.45) is 5.08. The van der Waals surface area contributed by atoms with Crippen molar-refractivity contribution in [3.8, 4) is 0 Å². The molecule has 0 aliphatic carbocycles. The second-order valence-electron chi connectivity index (χ2n) is 5.06. The molecular weight excluding hydrogens is 267 g/mol. The summed E-state index contributed by atoms with van der Waals surface area (Å²) < 4.78 is 0. The SMILES string of the molecule is CC(CC1CCCCN1)Nc1ccc(Cl)c(Cl)c1. The van der Waals surface area contributed by atoms with Crippen LogP contribution in [-0.4, -0.2) is 18.6 Å². The van der Waals surface area contributed by atoms with Crippen molar-refractivity contribution < 1.29 is 0 Å². The van der Waals surface area contributed by atoms with Gasteiger partial charge < -0.3 is 10.6 Å². The molecule has 1 aromatic rings. The predicted octanol–water partition coefficient (Wildman–Crippen LogP) is 4.33. The van der Waals surface area contributed by atoms with Crippen LogP contribution in [0, 0.1) is 0 Å². The van der Waals surface area contributed by atoms with Crippen molar-refractivity contribution >= 4 is 28.9 Å². The van der Waals surface area contributed by atoms with Crippen LogP contribution < -0.4 is 10.6 Å². The lowest BCUT2D eigenvalue weighted by Crippen LogP contribution is -2.37. The zero-order valence-electron chi connectivity index (χ0n) is 10.7. The van der Waals surface area contributed by atoms with Crippen LogP contribution in [-0.2, 0) is 0 Å². The maximum absolute atomic E-state index is 6.00. The van der Waals surface area contributed by atoms with Crippen molar-refractivity contribution in [2.24, 2.45) is 0 Å². The smallest absolute Gasteiger partial charge is 0.0612 e. The largest absolute Gasteiger partial charge is 0.382 e. The number of halogens is 2. The first kappa shape index (κ1) is 14.0. The zero-order valence-corrected chi connectivity index (χ0v) is 12.2. The molecule has 18 heavy (non-hydrogen) atoms. The minimum absolute atomic E-state index is 0.429. The number of benzene rings is 1. The van der Waals surface area contributed by atoms with E-state index in [0.717, 1.165) is 18.7 Å². The van der Waals surface area contributed by atoms with E-state index in [1.807, 2.05) is 18.2 Å². The van der Waals surface area contributed by atoms with Crippen LogP contribution in [0.5, 0.6) is 0 Å². The maximum atomic E-state index is 6.00. The van der Waals surface area contributed by atoms with Crippen LogP contribution in [0.4, 0.5) is 5.69 Å². The first-order valence-electron chi connectivity index (χ1n) is 6.60. The Kier molecular flexibility index (Phi) is 5.16. The fraction of sp³-hybridized carbons (Fsp3) is 0.571. The highest BCUT2D eigenvalue weighted by Crippen LogP contribution is 2.25. The van der Waals surface area contributed by atoms with Crippen molar-refractivity contribution in [2.45, 2.75) is 44.7 Å². The lowest BCUT2D eigenvalue weighted by Gasteiger charge is -2.27. The van der Waals surface area contributed by atoms with Crippen LogP contribution in [0.15, 0.2) is 18.2 Å². The first-order valence-corrected chi connectivity index (χ1v) is 7.35. The highest BCUT2D eigenvalue weighted by Gasteiger charge is 2.15. The summed E-state index contributed by atoms with van der Waals surface area (Å²) >= 11 is 11.9. The number of piperidine rings is 1. The summed E-state index contributed by atoms with van der Waals surface area (Å²) in [5, 5.41) is 8.25. The number of anilines is 1. The van der Waals surface area contributed by atoms with Crippen LogP contribution in [0.3, 0.4) is 0 Å². The Labute approximate surface area is 119 Å². The highest BCUT2D eigenvalue weighted by molar-refractivity contribution is 6.42. The molecule has 1 aromatic carbocycles. The standard InChI is InChI=1S/C14H20Cl2N2/c1-10(8-11-4-2-3-7-17-11)18-12-5-6-13(15)14(16)9-12/h5-6,9-11,17-18H,2-4,7-8H2,1H3. The summed E-state index contributed by atoms with van der Waals surface area (Å²) in [7, 11) is 0. The monoisotopic (exact) mass is 286 g/mol. The van der Waals surface area contributed by atoms with Crippen LogP contribution in [0.1, 0.15) is 32.6 Å². The van der Waals surface area contributed by atoms with Crippen molar-refractivity contribution in [1.29, 1.82) is 0 Å². The van der Waals surface area contributed by atoms with Gasteiger partial charge in [-0.15, -0.1) is 0 Å². The molecule has 1 aliphatic rings. The van der Waals surface area contributed by atoms with Crippen LogP contribution >= 0.6 is 23.2 Å². The Morgan fingerprint density at radius 2 is 2.17 bits per heavy atom. The summed E-state index contributed by atoms with van der Waals surface area (Å²) in [5.74, 6) is 0. The normalized spacial score (nSPS) is 21.6. The Hall–Kier alpha value is -0.440. The summed E-state index contributed by atoms with van der Waals surface area (Å²) in [4.78, 5) is 0. The molecule has 2 atom stereocenters. The third-order valence-electron chi connectivity index (χ3n) is 3.38. The van der Waals surface area contributed by atoms with E-state index in [2.05, 4.69) is 17.6 Å². The van der Waals surface area contributed by atoms with Gasteiger partial charge in [0, 0.05) is 17.8 Å². The number of hydrogen-bond acceptors (Lipinski definition) is 2. The van der Waals surface area contributed by atoms with Crippen LogP contribution in [0.25, 0.3) is 0 Å². The minimum Gasteiger partial charge on any atom is -0.382 e. The highest BCUT2D eigenvalue weighted by atomic mass is 35.5. The molecule has 1 saturated heterocycles. The van der Waals surface area contributed by atoms with Gasteiger partial charge >= 0.3 is 0 Å². The van der Waals surface area contributed by atoms with Crippen molar-refractivity contribution in [3.63, 3.8) is 0 Å². The van der Waals surface area contributed by atoms with Crippen molar-refractivity contribution in [3.05, 3.63) is 28.2 Å². The Bertz CT molecular complexity index is 389. The molecule has 0 aromatic heterocycles. The molecule has 0 bridgehead atoms. The molecule has 100 valence electrons. The second-order valence-corrected chi connectivity index (χ2v) is 5.87. The predicted molar refractivity (Wildman–Crippen MR) is 79.8 cm³/mol. The summed E-state index contributed by atoms with van der Waals surface area (Å²) in [6.45, 7) is 3.36. The topological polar surface area (TPSA) is 24.1 Å². The molecule has 0 spiro atoms.